The minimum atomic E-state index is -1.01. The topological polar surface area (TPSA) is 79.3 Å². The van der Waals surface area contributed by atoms with Gasteiger partial charge in [-0.05, 0) is 11.6 Å². The highest BCUT2D eigenvalue weighted by Gasteiger charge is 2.01. The lowest BCUT2D eigenvalue weighted by atomic mass is 10.2. The molecule has 0 saturated carbocycles. The summed E-state index contributed by atoms with van der Waals surface area (Å²) in [6.45, 7) is 1.84. The van der Waals surface area contributed by atoms with Gasteiger partial charge in [0, 0.05) is 25.9 Å². The summed E-state index contributed by atoms with van der Waals surface area (Å²) in [6.07, 6.45) is 6.27. The first-order valence-corrected chi connectivity index (χ1v) is 4.69. The molecule has 0 aliphatic carbocycles. The number of aromatic nitrogens is 1. The first-order chi connectivity index (χ1) is 7.59. The highest BCUT2D eigenvalue weighted by Crippen LogP contribution is 2.04. The number of nitrogens with one attached hydrogen (secondary N) is 1. The molecule has 0 radical (unpaired) electrons. The molecule has 0 spiro atoms. The second kappa shape index (κ2) is 5.65. The van der Waals surface area contributed by atoms with Crippen LogP contribution in [0.3, 0.4) is 0 Å². The molecule has 0 aliphatic rings. The number of hydrogen-bond acceptors (Lipinski definition) is 3. The molecule has 5 nitrogen and oxygen atoms in total. The van der Waals surface area contributed by atoms with Crippen LogP contribution in [0.15, 0.2) is 24.5 Å². The van der Waals surface area contributed by atoms with E-state index in [1.807, 2.05) is 0 Å². The molecule has 0 aromatic carbocycles. The number of carboxylic acids is 1. The van der Waals surface area contributed by atoms with Gasteiger partial charge in [0.2, 0.25) is 5.91 Å². The van der Waals surface area contributed by atoms with Crippen LogP contribution < -0.4 is 5.32 Å². The quantitative estimate of drug-likeness (QED) is 0.791. The summed E-state index contributed by atoms with van der Waals surface area (Å²) >= 11 is 0. The molecule has 1 rings (SSSR count). The molecular weight excluding hydrogens is 208 g/mol. The molecule has 1 aromatic rings. The van der Waals surface area contributed by atoms with Crippen LogP contribution in [0, 0.1) is 0 Å². The standard InChI is InChI=1S/C11H12N2O3/c1-8(14)13-4-2-3-9-5-10(11(15)16)7-12-6-9/h2-3,5-7H,4H2,1H3,(H,13,14)(H,15,16)/b3-2+. The van der Waals surface area contributed by atoms with Crippen molar-refractivity contribution in [2.24, 2.45) is 0 Å². The van der Waals surface area contributed by atoms with Crippen LogP contribution in [0.1, 0.15) is 22.8 Å². The first-order valence-electron chi connectivity index (χ1n) is 4.69. The van der Waals surface area contributed by atoms with E-state index in [1.165, 1.54) is 19.2 Å². The van der Waals surface area contributed by atoms with E-state index >= 15 is 0 Å². The molecule has 84 valence electrons. The zero-order valence-corrected chi connectivity index (χ0v) is 8.80. The summed E-state index contributed by atoms with van der Waals surface area (Å²) in [6, 6.07) is 1.51. The number of rotatable bonds is 4. The Balaban J connectivity index is 2.63. The lowest BCUT2D eigenvalue weighted by Gasteiger charge is -1.97. The largest absolute Gasteiger partial charge is 0.478 e. The Morgan fingerprint density at radius 1 is 1.50 bits per heavy atom. The van der Waals surface area contributed by atoms with Gasteiger partial charge in [-0.25, -0.2) is 4.79 Å². The van der Waals surface area contributed by atoms with Crippen molar-refractivity contribution in [2.75, 3.05) is 6.54 Å². The Morgan fingerprint density at radius 3 is 2.88 bits per heavy atom. The Labute approximate surface area is 92.8 Å². The van der Waals surface area contributed by atoms with E-state index in [9.17, 15) is 9.59 Å². The summed E-state index contributed by atoms with van der Waals surface area (Å²) in [5.74, 6) is -1.12. The van der Waals surface area contributed by atoms with E-state index in [1.54, 1.807) is 18.3 Å². The second-order valence-corrected chi connectivity index (χ2v) is 3.15. The van der Waals surface area contributed by atoms with Crippen LogP contribution in [-0.4, -0.2) is 28.5 Å². The van der Waals surface area contributed by atoms with Crippen LogP contribution in [-0.2, 0) is 4.79 Å². The summed E-state index contributed by atoms with van der Waals surface area (Å²) in [5.41, 5.74) is 0.826. The van der Waals surface area contributed by atoms with Crippen molar-refractivity contribution in [3.8, 4) is 0 Å². The van der Waals surface area contributed by atoms with Gasteiger partial charge in [0.25, 0.3) is 0 Å². The molecule has 16 heavy (non-hydrogen) atoms. The fourth-order valence-electron chi connectivity index (χ4n) is 1.06. The van der Waals surface area contributed by atoms with Gasteiger partial charge in [0.05, 0.1) is 5.56 Å². The minimum Gasteiger partial charge on any atom is -0.478 e. The number of nitrogens with zero attached hydrogens (tertiary/aromatic N) is 1. The summed E-state index contributed by atoms with van der Waals surface area (Å²) in [4.78, 5) is 25.0. The monoisotopic (exact) mass is 220 g/mol. The van der Waals surface area contributed by atoms with Crippen molar-refractivity contribution in [1.29, 1.82) is 0 Å². The smallest absolute Gasteiger partial charge is 0.337 e. The molecule has 0 fully saturated rings. The molecule has 2 N–H and O–H groups in total. The van der Waals surface area contributed by atoms with Crippen molar-refractivity contribution in [3.05, 3.63) is 35.7 Å². The van der Waals surface area contributed by atoms with Gasteiger partial charge in [0.15, 0.2) is 0 Å². The fraction of sp³-hybridized carbons (Fsp3) is 0.182. The Morgan fingerprint density at radius 2 is 2.25 bits per heavy atom. The van der Waals surface area contributed by atoms with Gasteiger partial charge < -0.3 is 10.4 Å². The van der Waals surface area contributed by atoms with Gasteiger partial charge in [-0.1, -0.05) is 12.2 Å². The fourth-order valence-corrected chi connectivity index (χ4v) is 1.06. The average molecular weight is 220 g/mol. The predicted octanol–water partition coefficient (Wildman–Crippen LogP) is 0.929. The third-order valence-corrected chi connectivity index (χ3v) is 1.79. The maximum absolute atomic E-state index is 10.7. The second-order valence-electron chi connectivity index (χ2n) is 3.15. The van der Waals surface area contributed by atoms with E-state index in [2.05, 4.69) is 10.3 Å². The number of pyridine rings is 1. The van der Waals surface area contributed by atoms with Crippen LogP contribution in [0.4, 0.5) is 0 Å². The predicted molar refractivity (Wildman–Crippen MR) is 58.9 cm³/mol. The summed E-state index contributed by atoms with van der Waals surface area (Å²) < 4.78 is 0. The van der Waals surface area contributed by atoms with Gasteiger partial charge in [-0.2, -0.15) is 0 Å². The number of carbonyl (C=O) groups excluding carboxylic acids is 1. The highest BCUT2D eigenvalue weighted by molar-refractivity contribution is 5.87. The van der Waals surface area contributed by atoms with Crippen LogP contribution in [0.2, 0.25) is 0 Å². The molecular formula is C11H12N2O3. The maximum Gasteiger partial charge on any atom is 0.337 e. The van der Waals surface area contributed by atoms with Crippen molar-refractivity contribution >= 4 is 18.0 Å². The van der Waals surface area contributed by atoms with Gasteiger partial charge >= 0.3 is 5.97 Å². The average Bonchev–Trinajstić information content (AvgIpc) is 2.24. The van der Waals surface area contributed by atoms with E-state index < -0.39 is 5.97 Å². The molecule has 0 atom stereocenters. The third-order valence-electron chi connectivity index (χ3n) is 1.79. The van der Waals surface area contributed by atoms with Crippen LogP contribution in [0.5, 0.6) is 0 Å². The van der Waals surface area contributed by atoms with Crippen molar-refractivity contribution in [1.82, 2.24) is 10.3 Å². The summed E-state index contributed by atoms with van der Waals surface area (Å²) in [7, 11) is 0. The van der Waals surface area contributed by atoms with Crippen LogP contribution in [0.25, 0.3) is 6.08 Å². The Bertz CT molecular complexity index is 427. The maximum atomic E-state index is 10.7. The van der Waals surface area contributed by atoms with Crippen molar-refractivity contribution in [3.63, 3.8) is 0 Å². The summed E-state index contributed by atoms with van der Waals surface area (Å²) in [5, 5.41) is 11.3. The Kier molecular flexibility index (Phi) is 4.20. The van der Waals surface area contributed by atoms with Crippen molar-refractivity contribution < 1.29 is 14.7 Å². The molecule has 1 amide bonds. The number of aromatic carboxylic acids is 1. The van der Waals surface area contributed by atoms with Crippen LogP contribution >= 0.6 is 0 Å². The lowest BCUT2D eigenvalue weighted by molar-refractivity contribution is -0.118. The van der Waals surface area contributed by atoms with Crippen molar-refractivity contribution in [2.45, 2.75) is 6.92 Å². The highest BCUT2D eigenvalue weighted by atomic mass is 16.4. The number of amides is 1. The Hall–Kier alpha value is -2.17. The lowest BCUT2D eigenvalue weighted by Crippen LogP contribution is -2.19. The van der Waals surface area contributed by atoms with E-state index in [4.69, 9.17) is 5.11 Å². The molecule has 0 unspecified atom stereocenters. The number of carboxylic acid groups (broad SMARTS) is 1. The van der Waals surface area contributed by atoms with E-state index in [-0.39, 0.29) is 11.5 Å². The van der Waals surface area contributed by atoms with E-state index in [0.717, 1.165) is 0 Å². The zero-order valence-electron chi connectivity index (χ0n) is 8.80. The molecule has 0 aliphatic heterocycles. The SMILES string of the molecule is CC(=O)NC/C=C/c1cncc(C(=O)O)c1. The molecule has 1 aromatic heterocycles. The van der Waals surface area contributed by atoms with Gasteiger partial charge in [0.1, 0.15) is 0 Å². The van der Waals surface area contributed by atoms with E-state index in [0.29, 0.717) is 12.1 Å². The molecule has 5 heteroatoms. The third kappa shape index (κ3) is 3.91. The molecule has 1 heterocycles. The first kappa shape index (κ1) is 11.9. The number of hydrogen-bond donors (Lipinski definition) is 2. The normalized spacial score (nSPS) is 10.3. The molecule has 0 saturated heterocycles. The van der Waals surface area contributed by atoms with Gasteiger partial charge in [-0.15, -0.1) is 0 Å². The van der Waals surface area contributed by atoms with Gasteiger partial charge in [-0.3, -0.25) is 9.78 Å². The number of carbonyl (C=O) groups is 2. The minimum absolute atomic E-state index is 0.109. The molecule has 0 bridgehead atoms. The zero-order chi connectivity index (χ0) is 12.0.